The highest BCUT2D eigenvalue weighted by molar-refractivity contribution is 5.91. The molecule has 0 aliphatic heterocycles. The largest absolute Gasteiger partial charge is 0.392 e. The summed E-state index contributed by atoms with van der Waals surface area (Å²) in [6.07, 6.45) is 4.13. The molecular weight excluding hydrogens is 310 g/mol. The lowest BCUT2D eigenvalue weighted by Crippen LogP contribution is -2.13. The normalized spacial score (nSPS) is 14.9. The average molecular weight is 331 g/mol. The number of aryl methyl sites for hydroxylation is 1. The van der Waals surface area contributed by atoms with E-state index in [0.717, 1.165) is 40.3 Å². The molecule has 0 unspecified atom stereocenters. The van der Waals surface area contributed by atoms with Gasteiger partial charge in [-0.15, -0.1) is 0 Å². The number of pyridine rings is 1. The van der Waals surface area contributed by atoms with Gasteiger partial charge in [-0.25, -0.2) is 9.98 Å². The molecule has 0 spiro atoms. The molecule has 1 aromatic heterocycles. The third-order valence-corrected chi connectivity index (χ3v) is 4.74. The Bertz CT molecular complexity index is 974. The summed E-state index contributed by atoms with van der Waals surface area (Å²) in [5.41, 5.74) is 10.3. The summed E-state index contributed by atoms with van der Waals surface area (Å²) in [7, 11) is 0. The molecule has 1 saturated carbocycles. The molecule has 4 rings (SSSR count). The maximum atomic E-state index is 9.38. The van der Waals surface area contributed by atoms with E-state index in [1.165, 1.54) is 5.56 Å². The second-order valence-electron chi connectivity index (χ2n) is 6.72. The van der Waals surface area contributed by atoms with Crippen molar-refractivity contribution in [1.82, 2.24) is 4.98 Å². The molecule has 0 radical (unpaired) electrons. The van der Waals surface area contributed by atoms with Crippen molar-refractivity contribution in [3.8, 4) is 11.1 Å². The van der Waals surface area contributed by atoms with Gasteiger partial charge in [-0.3, -0.25) is 0 Å². The molecule has 3 aromatic rings. The number of aliphatic hydroxyl groups is 1. The van der Waals surface area contributed by atoms with Gasteiger partial charge < -0.3 is 10.8 Å². The van der Waals surface area contributed by atoms with E-state index in [9.17, 15) is 5.11 Å². The van der Waals surface area contributed by atoms with E-state index in [-0.39, 0.29) is 6.61 Å². The quantitative estimate of drug-likeness (QED) is 0.558. The van der Waals surface area contributed by atoms with Gasteiger partial charge in [-0.1, -0.05) is 24.3 Å². The van der Waals surface area contributed by atoms with Gasteiger partial charge in [-0.2, -0.15) is 0 Å². The third-order valence-electron chi connectivity index (χ3n) is 4.74. The minimum atomic E-state index is 0.0478. The molecule has 1 aliphatic rings. The van der Waals surface area contributed by atoms with Crippen LogP contribution >= 0.6 is 0 Å². The zero-order chi connectivity index (χ0) is 17.4. The van der Waals surface area contributed by atoms with E-state index in [4.69, 9.17) is 5.73 Å². The Hall–Kier alpha value is -2.72. The first-order valence-electron chi connectivity index (χ1n) is 8.58. The van der Waals surface area contributed by atoms with Crippen LogP contribution in [0, 0.1) is 12.8 Å². The summed E-state index contributed by atoms with van der Waals surface area (Å²) in [6.45, 7) is 2.13. The molecule has 0 bridgehead atoms. The molecular formula is C21H21N3O. The van der Waals surface area contributed by atoms with Crippen molar-refractivity contribution in [2.75, 3.05) is 0 Å². The molecule has 0 amide bonds. The number of fused-ring (bicyclic) bond motifs is 1. The van der Waals surface area contributed by atoms with Crippen LogP contribution in [0.25, 0.3) is 21.9 Å². The molecule has 2 aromatic carbocycles. The van der Waals surface area contributed by atoms with Gasteiger partial charge in [0.2, 0.25) is 0 Å². The van der Waals surface area contributed by atoms with Crippen molar-refractivity contribution in [1.29, 1.82) is 0 Å². The lowest BCUT2D eigenvalue weighted by molar-refractivity contribution is 0.282. The van der Waals surface area contributed by atoms with E-state index in [2.05, 4.69) is 35.1 Å². The van der Waals surface area contributed by atoms with Gasteiger partial charge in [0.05, 0.1) is 6.61 Å². The van der Waals surface area contributed by atoms with E-state index < -0.39 is 0 Å². The number of aromatic nitrogens is 1. The zero-order valence-electron chi connectivity index (χ0n) is 14.2. The number of hydrogen-bond acceptors (Lipinski definition) is 3. The van der Waals surface area contributed by atoms with Gasteiger partial charge in [-0.05, 0) is 65.6 Å². The molecule has 0 atom stereocenters. The van der Waals surface area contributed by atoms with Crippen LogP contribution in [0.3, 0.4) is 0 Å². The molecule has 25 heavy (non-hydrogen) atoms. The number of amidine groups is 1. The number of nitrogens with two attached hydrogens (primary N) is 1. The first-order valence-corrected chi connectivity index (χ1v) is 8.58. The van der Waals surface area contributed by atoms with Crippen molar-refractivity contribution in [2.24, 2.45) is 16.6 Å². The number of aliphatic hydroxyl groups excluding tert-OH is 1. The standard InChI is InChI=1S/C21H21N3O/c1-13-2-3-14(12-25)8-19(13)17-7-6-16-10-20(23-11-18(16)9-17)24-21(22)15-4-5-15/h2-3,6-11,15,25H,4-5,12H2,1H3,(H2,22,23,24). The Morgan fingerprint density at radius 3 is 2.76 bits per heavy atom. The Morgan fingerprint density at radius 1 is 1.16 bits per heavy atom. The highest BCUT2D eigenvalue weighted by Gasteiger charge is 2.25. The van der Waals surface area contributed by atoms with Gasteiger partial charge in [0, 0.05) is 17.5 Å². The SMILES string of the molecule is Cc1ccc(CO)cc1-c1ccc2cc(N=C(N)C3CC3)ncc2c1. The maximum absolute atomic E-state index is 9.38. The Labute approximate surface area is 147 Å². The summed E-state index contributed by atoms with van der Waals surface area (Å²) in [5.74, 6) is 1.81. The van der Waals surface area contributed by atoms with Gasteiger partial charge in [0.15, 0.2) is 5.82 Å². The summed E-state index contributed by atoms with van der Waals surface area (Å²) < 4.78 is 0. The fourth-order valence-electron chi connectivity index (χ4n) is 3.04. The average Bonchev–Trinajstić information content (AvgIpc) is 3.47. The van der Waals surface area contributed by atoms with Gasteiger partial charge in [0.1, 0.15) is 5.84 Å². The first kappa shape index (κ1) is 15.8. The van der Waals surface area contributed by atoms with Crippen LogP contribution in [0.5, 0.6) is 0 Å². The monoisotopic (exact) mass is 331 g/mol. The van der Waals surface area contributed by atoms with Crippen molar-refractivity contribution in [3.63, 3.8) is 0 Å². The van der Waals surface area contributed by atoms with E-state index >= 15 is 0 Å². The van der Waals surface area contributed by atoms with Crippen LogP contribution in [0.1, 0.15) is 24.0 Å². The highest BCUT2D eigenvalue weighted by Crippen LogP contribution is 2.31. The van der Waals surface area contributed by atoms with Crippen molar-refractivity contribution < 1.29 is 5.11 Å². The fraction of sp³-hybridized carbons (Fsp3) is 0.238. The number of nitrogens with zero attached hydrogens (tertiary/aromatic N) is 2. The Balaban J connectivity index is 1.72. The Kier molecular flexibility index (Phi) is 3.98. The fourth-order valence-corrected chi connectivity index (χ4v) is 3.04. The van der Waals surface area contributed by atoms with Crippen LogP contribution in [0.15, 0.2) is 53.7 Å². The number of hydrogen-bond donors (Lipinski definition) is 2. The highest BCUT2D eigenvalue weighted by atomic mass is 16.3. The molecule has 126 valence electrons. The summed E-state index contributed by atoms with van der Waals surface area (Å²) in [6, 6.07) is 14.3. The van der Waals surface area contributed by atoms with Crippen LogP contribution in [0.4, 0.5) is 5.82 Å². The Morgan fingerprint density at radius 2 is 2.00 bits per heavy atom. The van der Waals surface area contributed by atoms with Gasteiger partial charge in [0.25, 0.3) is 0 Å². The van der Waals surface area contributed by atoms with Crippen molar-refractivity contribution >= 4 is 22.4 Å². The third kappa shape index (κ3) is 3.26. The summed E-state index contributed by atoms with van der Waals surface area (Å²) in [5, 5.41) is 11.5. The minimum Gasteiger partial charge on any atom is -0.392 e. The zero-order valence-corrected chi connectivity index (χ0v) is 14.2. The van der Waals surface area contributed by atoms with Gasteiger partial charge >= 0.3 is 0 Å². The molecule has 1 aliphatic carbocycles. The number of aliphatic imine (C=N–C) groups is 1. The number of rotatable bonds is 4. The van der Waals surface area contributed by atoms with Crippen LogP contribution in [-0.2, 0) is 6.61 Å². The molecule has 4 heteroatoms. The molecule has 1 heterocycles. The lowest BCUT2D eigenvalue weighted by atomic mass is 9.96. The van der Waals surface area contributed by atoms with Crippen LogP contribution in [0.2, 0.25) is 0 Å². The molecule has 4 nitrogen and oxygen atoms in total. The lowest BCUT2D eigenvalue weighted by Gasteiger charge is -2.09. The summed E-state index contributed by atoms with van der Waals surface area (Å²) in [4.78, 5) is 8.88. The van der Waals surface area contributed by atoms with E-state index in [1.54, 1.807) is 0 Å². The molecule has 0 saturated heterocycles. The van der Waals surface area contributed by atoms with Crippen molar-refractivity contribution in [2.45, 2.75) is 26.4 Å². The minimum absolute atomic E-state index is 0.0478. The van der Waals surface area contributed by atoms with Crippen molar-refractivity contribution in [3.05, 3.63) is 59.8 Å². The second-order valence-corrected chi connectivity index (χ2v) is 6.72. The predicted octanol–water partition coefficient (Wildman–Crippen LogP) is 4.10. The number of benzene rings is 2. The van der Waals surface area contributed by atoms with Crippen LogP contribution in [-0.4, -0.2) is 15.9 Å². The van der Waals surface area contributed by atoms with E-state index in [0.29, 0.717) is 17.6 Å². The molecule has 1 fully saturated rings. The first-order chi connectivity index (χ1) is 12.1. The molecule has 3 N–H and O–H groups in total. The summed E-state index contributed by atoms with van der Waals surface area (Å²) >= 11 is 0. The maximum Gasteiger partial charge on any atom is 0.154 e. The smallest absolute Gasteiger partial charge is 0.154 e. The van der Waals surface area contributed by atoms with Crippen LogP contribution < -0.4 is 5.73 Å². The van der Waals surface area contributed by atoms with E-state index in [1.807, 2.05) is 30.5 Å². The second kappa shape index (κ2) is 6.30. The predicted molar refractivity (Wildman–Crippen MR) is 102 cm³/mol. The topological polar surface area (TPSA) is 71.5 Å².